The highest BCUT2D eigenvalue weighted by Crippen LogP contribution is 2.29. The molecule has 0 spiro atoms. The minimum absolute atomic E-state index is 0.614. The molecule has 3 heteroatoms. The summed E-state index contributed by atoms with van der Waals surface area (Å²) in [6.07, 6.45) is 5.45. The van der Waals surface area contributed by atoms with Crippen molar-refractivity contribution in [2.45, 2.75) is 32.6 Å². The SMILES string of the molecule is CC1CCCC(CNc2ccc(Cl)c(Cl)c2)C1. The molecule has 2 rings (SSSR count). The van der Waals surface area contributed by atoms with Crippen LogP contribution in [-0.2, 0) is 0 Å². The molecule has 0 saturated heterocycles. The Morgan fingerprint density at radius 3 is 2.76 bits per heavy atom. The number of benzene rings is 1. The molecule has 0 bridgehead atoms. The van der Waals surface area contributed by atoms with Gasteiger partial charge in [-0.15, -0.1) is 0 Å². The van der Waals surface area contributed by atoms with Crippen LogP contribution in [0.1, 0.15) is 32.6 Å². The third-order valence-electron chi connectivity index (χ3n) is 3.56. The van der Waals surface area contributed by atoms with Crippen molar-refractivity contribution >= 4 is 28.9 Å². The number of nitrogens with one attached hydrogen (secondary N) is 1. The molecule has 2 atom stereocenters. The van der Waals surface area contributed by atoms with Gasteiger partial charge in [0.2, 0.25) is 0 Å². The average Bonchev–Trinajstić information content (AvgIpc) is 2.31. The highest BCUT2D eigenvalue weighted by molar-refractivity contribution is 6.42. The minimum Gasteiger partial charge on any atom is -0.385 e. The van der Waals surface area contributed by atoms with Gasteiger partial charge in [-0.05, 0) is 42.9 Å². The van der Waals surface area contributed by atoms with Crippen molar-refractivity contribution in [3.8, 4) is 0 Å². The normalized spacial score (nSPS) is 24.6. The Hall–Kier alpha value is -0.400. The first-order valence-corrected chi connectivity index (χ1v) is 7.09. The summed E-state index contributed by atoms with van der Waals surface area (Å²) < 4.78 is 0. The van der Waals surface area contributed by atoms with E-state index in [9.17, 15) is 0 Å². The standard InChI is InChI=1S/C14H19Cl2N/c1-10-3-2-4-11(7-10)9-17-12-5-6-13(15)14(16)8-12/h5-6,8,10-11,17H,2-4,7,9H2,1H3. The van der Waals surface area contributed by atoms with Gasteiger partial charge in [-0.3, -0.25) is 0 Å². The lowest BCUT2D eigenvalue weighted by Gasteiger charge is -2.27. The molecule has 2 unspecified atom stereocenters. The zero-order valence-electron chi connectivity index (χ0n) is 10.2. The number of hydrogen-bond donors (Lipinski definition) is 1. The second kappa shape index (κ2) is 5.97. The molecule has 1 fully saturated rings. The molecule has 1 aliphatic rings. The number of hydrogen-bond acceptors (Lipinski definition) is 1. The minimum atomic E-state index is 0.614. The zero-order chi connectivity index (χ0) is 12.3. The summed E-state index contributed by atoms with van der Waals surface area (Å²) in [6.45, 7) is 3.40. The summed E-state index contributed by atoms with van der Waals surface area (Å²) in [7, 11) is 0. The monoisotopic (exact) mass is 271 g/mol. The summed E-state index contributed by atoms with van der Waals surface area (Å²) in [5, 5.41) is 4.69. The lowest BCUT2D eigenvalue weighted by atomic mass is 9.82. The van der Waals surface area contributed by atoms with Crippen LogP contribution in [0, 0.1) is 11.8 Å². The Balaban J connectivity index is 1.86. The van der Waals surface area contributed by atoms with E-state index >= 15 is 0 Å². The summed E-state index contributed by atoms with van der Waals surface area (Å²) in [5.74, 6) is 1.68. The lowest BCUT2D eigenvalue weighted by Crippen LogP contribution is -2.20. The van der Waals surface area contributed by atoms with E-state index in [4.69, 9.17) is 23.2 Å². The summed E-state index contributed by atoms with van der Waals surface area (Å²) in [4.78, 5) is 0. The smallest absolute Gasteiger partial charge is 0.0612 e. The van der Waals surface area contributed by atoms with Crippen LogP contribution in [0.15, 0.2) is 18.2 Å². The molecule has 1 aromatic rings. The first kappa shape index (κ1) is 13.0. The average molecular weight is 272 g/mol. The second-order valence-electron chi connectivity index (χ2n) is 5.15. The van der Waals surface area contributed by atoms with Crippen molar-refractivity contribution in [2.24, 2.45) is 11.8 Å². The quantitative estimate of drug-likeness (QED) is 0.794. The number of anilines is 1. The predicted molar refractivity (Wildman–Crippen MR) is 76.1 cm³/mol. The molecule has 1 aliphatic carbocycles. The molecule has 0 amide bonds. The van der Waals surface area contributed by atoms with Gasteiger partial charge in [-0.1, -0.05) is 43.0 Å². The third-order valence-corrected chi connectivity index (χ3v) is 4.30. The van der Waals surface area contributed by atoms with Crippen molar-refractivity contribution < 1.29 is 0 Å². The van der Waals surface area contributed by atoms with Gasteiger partial charge in [0, 0.05) is 12.2 Å². The molecule has 0 aliphatic heterocycles. The highest BCUT2D eigenvalue weighted by Gasteiger charge is 2.18. The number of halogens is 2. The Morgan fingerprint density at radius 2 is 2.06 bits per heavy atom. The summed E-state index contributed by atoms with van der Waals surface area (Å²) in [5.41, 5.74) is 1.07. The van der Waals surface area contributed by atoms with Crippen LogP contribution in [0.2, 0.25) is 10.0 Å². The summed E-state index contributed by atoms with van der Waals surface area (Å²) >= 11 is 11.9. The van der Waals surface area contributed by atoms with Gasteiger partial charge >= 0.3 is 0 Å². The maximum atomic E-state index is 5.99. The van der Waals surface area contributed by atoms with Gasteiger partial charge < -0.3 is 5.32 Å². The van der Waals surface area contributed by atoms with Crippen LogP contribution in [0.4, 0.5) is 5.69 Å². The van der Waals surface area contributed by atoms with E-state index in [2.05, 4.69) is 12.2 Å². The van der Waals surface area contributed by atoms with Crippen molar-refractivity contribution in [3.63, 3.8) is 0 Å². The van der Waals surface area contributed by atoms with E-state index in [0.29, 0.717) is 10.0 Å². The van der Waals surface area contributed by atoms with Crippen molar-refractivity contribution in [3.05, 3.63) is 28.2 Å². The highest BCUT2D eigenvalue weighted by atomic mass is 35.5. The van der Waals surface area contributed by atoms with E-state index in [1.165, 1.54) is 25.7 Å². The van der Waals surface area contributed by atoms with Crippen molar-refractivity contribution in [1.29, 1.82) is 0 Å². The Kier molecular flexibility index (Phi) is 4.58. The molecular weight excluding hydrogens is 253 g/mol. The van der Waals surface area contributed by atoms with E-state index in [1.54, 1.807) is 0 Å². The lowest BCUT2D eigenvalue weighted by molar-refractivity contribution is 0.293. The fourth-order valence-electron chi connectivity index (χ4n) is 2.61. The van der Waals surface area contributed by atoms with Crippen LogP contribution < -0.4 is 5.32 Å². The van der Waals surface area contributed by atoms with Gasteiger partial charge in [0.15, 0.2) is 0 Å². The number of rotatable bonds is 3. The maximum absolute atomic E-state index is 5.99. The molecule has 94 valence electrons. The fraction of sp³-hybridized carbons (Fsp3) is 0.571. The maximum Gasteiger partial charge on any atom is 0.0612 e. The second-order valence-corrected chi connectivity index (χ2v) is 5.96. The van der Waals surface area contributed by atoms with Gasteiger partial charge in [-0.2, -0.15) is 0 Å². The predicted octanol–water partition coefficient (Wildman–Crippen LogP) is 5.23. The Labute approximate surface area is 114 Å². The van der Waals surface area contributed by atoms with Crippen LogP contribution >= 0.6 is 23.2 Å². The van der Waals surface area contributed by atoms with Crippen LogP contribution in [0.25, 0.3) is 0 Å². The van der Waals surface area contributed by atoms with Gasteiger partial charge in [0.1, 0.15) is 0 Å². The molecule has 0 heterocycles. The molecular formula is C14H19Cl2N. The summed E-state index contributed by atoms with van der Waals surface area (Å²) in [6, 6.07) is 5.73. The van der Waals surface area contributed by atoms with E-state index in [1.807, 2.05) is 18.2 Å². The van der Waals surface area contributed by atoms with E-state index in [0.717, 1.165) is 24.1 Å². The van der Waals surface area contributed by atoms with Gasteiger partial charge in [-0.25, -0.2) is 0 Å². The molecule has 1 aromatic carbocycles. The molecule has 1 saturated carbocycles. The van der Waals surface area contributed by atoms with Crippen molar-refractivity contribution in [2.75, 3.05) is 11.9 Å². The third kappa shape index (κ3) is 3.79. The fourth-order valence-corrected chi connectivity index (χ4v) is 2.91. The largest absolute Gasteiger partial charge is 0.385 e. The van der Waals surface area contributed by atoms with Crippen LogP contribution in [0.3, 0.4) is 0 Å². The molecule has 1 nitrogen and oxygen atoms in total. The van der Waals surface area contributed by atoms with Gasteiger partial charge in [0.25, 0.3) is 0 Å². The molecule has 17 heavy (non-hydrogen) atoms. The molecule has 1 N–H and O–H groups in total. The first-order valence-electron chi connectivity index (χ1n) is 6.34. The first-order chi connectivity index (χ1) is 8.15. The van der Waals surface area contributed by atoms with E-state index in [-0.39, 0.29) is 0 Å². The Morgan fingerprint density at radius 1 is 1.24 bits per heavy atom. The van der Waals surface area contributed by atoms with Crippen LogP contribution in [0.5, 0.6) is 0 Å². The van der Waals surface area contributed by atoms with Gasteiger partial charge in [0.05, 0.1) is 10.0 Å². The Bertz CT molecular complexity index is 378. The molecule has 0 radical (unpaired) electrons. The van der Waals surface area contributed by atoms with E-state index < -0.39 is 0 Å². The zero-order valence-corrected chi connectivity index (χ0v) is 11.7. The van der Waals surface area contributed by atoms with Crippen molar-refractivity contribution in [1.82, 2.24) is 0 Å². The topological polar surface area (TPSA) is 12.0 Å². The van der Waals surface area contributed by atoms with Crippen LogP contribution in [-0.4, -0.2) is 6.54 Å². The molecule has 0 aromatic heterocycles.